The van der Waals surface area contributed by atoms with E-state index in [2.05, 4.69) is 0 Å². The molecule has 1 aromatic rings. The zero-order valence-corrected chi connectivity index (χ0v) is 6.43. The summed E-state index contributed by atoms with van der Waals surface area (Å²) < 4.78 is 1.77. The van der Waals surface area contributed by atoms with Gasteiger partial charge >= 0.3 is 11.4 Å². The van der Waals surface area contributed by atoms with Crippen LogP contribution in [0.1, 0.15) is 0 Å². The van der Waals surface area contributed by atoms with Gasteiger partial charge in [0.05, 0.1) is 0 Å². The van der Waals surface area contributed by atoms with Gasteiger partial charge in [-0.05, 0) is 0 Å². The molecular weight excluding hydrogens is 181 g/mol. The van der Waals surface area contributed by atoms with E-state index in [0.29, 0.717) is 8.40 Å². The first-order valence-electron chi connectivity index (χ1n) is 2.29. The molecule has 1 aromatic heterocycles. The van der Waals surface area contributed by atoms with E-state index in [1.807, 2.05) is 0 Å². The largest absolute Gasteiger partial charge is 0.363 e. The SMILES string of the molecule is Cn1c(=O)n(Cl)n(Cl)c1=O. The van der Waals surface area contributed by atoms with Gasteiger partial charge in [0, 0.05) is 30.6 Å². The van der Waals surface area contributed by atoms with Crippen LogP contribution >= 0.6 is 23.6 Å². The molecule has 56 valence electrons. The predicted molar refractivity (Wildman–Crippen MR) is 36.4 cm³/mol. The van der Waals surface area contributed by atoms with Crippen molar-refractivity contribution in [3.05, 3.63) is 21.0 Å². The van der Waals surface area contributed by atoms with E-state index < -0.39 is 11.4 Å². The molecule has 10 heavy (non-hydrogen) atoms. The molecule has 0 N–H and O–H groups in total. The van der Waals surface area contributed by atoms with Crippen LogP contribution in [0.4, 0.5) is 0 Å². The molecule has 1 heterocycles. The summed E-state index contributed by atoms with van der Waals surface area (Å²) in [5, 5.41) is 0. The maximum Gasteiger partial charge on any atom is 0.363 e. The molecule has 0 spiro atoms. The summed E-state index contributed by atoms with van der Waals surface area (Å²) in [5.74, 6) is 0. The second-order valence-corrected chi connectivity index (χ2v) is 2.28. The van der Waals surface area contributed by atoms with Crippen LogP contribution < -0.4 is 11.4 Å². The maximum atomic E-state index is 10.7. The van der Waals surface area contributed by atoms with Gasteiger partial charge < -0.3 is 0 Å². The Morgan fingerprint density at radius 3 is 1.50 bits per heavy atom. The molecule has 0 saturated heterocycles. The van der Waals surface area contributed by atoms with Crippen LogP contribution in [0.2, 0.25) is 0 Å². The average molecular weight is 184 g/mol. The van der Waals surface area contributed by atoms with E-state index >= 15 is 0 Å². The third-order valence-corrected chi connectivity index (χ3v) is 1.71. The smallest absolute Gasteiger partial charge is 0.244 e. The van der Waals surface area contributed by atoms with Gasteiger partial charge in [-0.2, -0.15) is 0 Å². The Labute approximate surface area is 65.2 Å². The van der Waals surface area contributed by atoms with E-state index in [0.717, 1.165) is 4.57 Å². The number of nitrogens with zero attached hydrogens (tertiary/aromatic N) is 3. The van der Waals surface area contributed by atoms with Crippen molar-refractivity contribution in [2.45, 2.75) is 0 Å². The summed E-state index contributed by atoms with van der Waals surface area (Å²) in [4.78, 5) is 21.4. The Bertz CT molecular complexity index is 325. The molecule has 0 aromatic carbocycles. The van der Waals surface area contributed by atoms with Crippen LogP contribution in [0.15, 0.2) is 9.59 Å². The topological polar surface area (TPSA) is 48.9 Å². The predicted octanol–water partition coefficient (Wildman–Crippen LogP) is -0.648. The second kappa shape index (κ2) is 2.17. The summed E-state index contributed by atoms with van der Waals surface area (Å²) in [7, 11) is 1.28. The van der Waals surface area contributed by atoms with Gasteiger partial charge in [-0.1, -0.05) is 0 Å². The Balaban J connectivity index is 3.77. The van der Waals surface area contributed by atoms with Gasteiger partial charge in [-0.25, -0.2) is 14.2 Å². The molecule has 0 unspecified atom stereocenters. The first-order chi connectivity index (χ1) is 4.55. The van der Waals surface area contributed by atoms with Crippen molar-refractivity contribution in [3.8, 4) is 0 Å². The van der Waals surface area contributed by atoms with Crippen molar-refractivity contribution < 1.29 is 0 Å². The molecular formula is C3H3Cl2N3O2. The minimum atomic E-state index is -0.665. The molecule has 7 heteroatoms. The van der Waals surface area contributed by atoms with Crippen molar-refractivity contribution in [2.75, 3.05) is 0 Å². The molecule has 1 rings (SSSR count). The van der Waals surface area contributed by atoms with Crippen LogP contribution in [-0.2, 0) is 7.05 Å². The normalized spacial score (nSPS) is 10.3. The summed E-state index contributed by atoms with van der Waals surface area (Å²) in [6.07, 6.45) is 0. The molecule has 0 aliphatic heterocycles. The van der Waals surface area contributed by atoms with Crippen molar-refractivity contribution in [3.63, 3.8) is 0 Å². The minimum Gasteiger partial charge on any atom is -0.244 e. The highest BCUT2D eigenvalue weighted by Gasteiger charge is 2.07. The highest BCUT2D eigenvalue weighted by atomic mass is 35.5. The number of hydrogen-bond acceptors (Lipinski definition) is 2. The first-order valence-corrected chi connectivity index (χ1v) is 2.96. The average Bonchev–Trinajstić information content (AvgIpc) is 2.07. The number of halogens is 2. The molecule has 0 saturated carbocycles. The fraction of sp³-hybridized carbons (Fsp3) is 0.333. The number of rotatable bonds is 0. The molecule has 0 aliphatic rings. The van der Waals surface area contributed by atoms with Gasteiger partial charge in [-0.15, -0.1) is 8.40 Å². The lowest BCUT2D eigenvalue weighted by atomic mass is 11.0. The van der Waals surface area contributed by atoms with Crippen molar-refractivity contribution in [1.82, 2.24) is 13.0 Å². The molecule has 0 aliphatic carbocycles. The third kappa shape index (κ3) is 0.783. The monoisotopic (exact) mass is 183 g/mol. The van der Waals surface area contributed by atoms with Crippen LogP contribution in [0.3, 0.4) is 0 Å². The Hall–Kier alpha value is -0.680. The van der Waals surface area contributed by atoms with Crippen LogP contribution in [-0.4, -0.2) is 13.0 Å². The van der Waals surface area contributed by atoms with E-state index in [1.165, 1.54) is 7.05 Å². The van der Waals surface area contributed by atoms with E-state index in [1.54, 1.807) is 0 Å². The van der Waals surface area contributed by atoms with Crippen LogP contribution in [0, 0.1) is 0 Å². The van der Waals surface area contributed by atoms with Gasteiger partial charge in [0.15, 0.2) is 0 Å². The van der Waals surface area contributed by atoms with E-state index in [4.69, 9.17) is 23.6 Å². The molecule has 0 radical (unpaired) electrons. The highest BCUT2D eigenvalue weighted by Crippen LogP contribution is 1.82. The quantitative estimate of drug-likeness (QED) is 0.538. The summed E-state index contributed by atoms with van der Waals surface area (Å²) in [5.41, 5.74) is -1.33. The maximum absolute atomic E-state index is 10.7. The highest BCUT2D eigenvalue weighted by molar-refractivity contribution is 6.20. The molecule has 0 bridgehead atoms. The molecule has 0 atom stereocenters. The molecule has 5 nitrogen and oxygen atoms in total. The van der Waals surface area contributed by atoms with Crippen molar-refractivity contribution in [1.29, 1.82) is 0 Å². The van der Waals surface area contributed by atoms with Crippen molar-refractivity contribution in [2.24, 2.45) is 7.05 Å². The lowest BCUT2D eigenvalue weighted by molar-refractivity contribution is 0.820. The Morgan fingerprint density at radius 1 is 1.10 bits per heavy atom. The van der Waals surface area contributed by atoms with Gasteiger partial charge in [0.25, 0.3) is 0 Å². The fourth-order valence-electron chi connectivity index (χ4n) is 0.480. The summed E-state index contributed by atoms with van der Waals surface area (Å²) >= 11 is 10.4. The number of aromatic nitrogens is 3. The third-order valence-electron chi connectivity index (χ3n) is 1.04. The first kappa shape index (κ1) is 7.43. The second-order valence-electron chi connectivity index (χ2n) is 1.64. The van der Waals surface area contributed by atoms with Gasteiger partial charge in [0.1, 0.15) is 0 Å². The standard InChI is InChI=1S/C3H3Cl2N3O2/c1-6-2(9)7(4)8(5)3(6)10/h1H3. The van der Waals surface area contributed by atoms with Crippen LogP contribution in [0.25, 0.3) is 0 Å². The molecule has 0 amide bonds. The van der Waals surface area contributed by atoms with Gasteiger partial charge in [0.2, 0.25) is 0 Å². The fourth-order valence-corrected chi connectivity index (χ4v) is 0.836. The zero-order chi connectivity index (χ0) is 7.89. The Kier molecular flexibility index (Phi) is 1.61. The summed E-state index contributed by atoms with van der Waals surface area (Å²) in [6.45, 7) is 0. The minimum absolute atomic E-state index is 0.490. The lowest BCUT2D eigenvalue weighted by Crippen LogP contribution is -2.23. The van der Waals surface area contributed by atoms with Crippen LogP contribution in [0.5, 0.6) is 0 Å². The summed E-state index contributed by atoms with van der Waals surface area (Å²) in [6, 6.07) is 0. The molecule has 0 fully saturated rings. The zero-order valence-electron chi connectivity index (χ0n) is 4.91. The van der Waals surface area contributed by atoms with Crippen molar-refractivity contribution >= 4 is 23.6 Å². The van der Waals surface area contributed by atoms with E-state index in [9.17, 15) is 9.59 Å². The Morgan fingerprint density at radius 2 is 1.40 bits per heavy atom. The van der Waals surface area contributed by atoms with Gasteiger partial charge in [-0.3, -0.25) is 0 Å². The number of hydrogen-bond donors (Lipinski definition) is 0. The van der Waals surface area contributed by atoms with E-state index in [-0.39, 0.29) is 0 Å². The lowest BCUT2D eigenvalue weighted by Gasteiger charge is -1.83.